The predicted molar refractivity (Wildman–Crippen MR) is 79.1 cm³/mol. The summed E-state index contributed by atoms with van der Waals surface area (Å²) in [5.74, 6) is 0. The van der Waals surface area contributed by atoms with Gasteiger partial charge >= 0.3 is 0 Å². The molecule has 0 radical (unpaired) electrons. The van der Waals surface area contributed by atoms with Crippen LogP contribution in [0.1, 0.15) is 26.7 Å². The Morgan fingerprint density at radius 2 is 2.00 bits per heavy atom. The molecule has 1 aromatic carbocycles. The van der Waals surface area contributed by atoms with E-state index in [2.05, 4.69) is 27.9 Å². The first-order chi connectivity index (χ1) is 9.13. The number of fused-ring (bicyclic) bond motifs is 1. The number of nitrogens with zero attached hydrogens (tertiary/aromatic N) is 2. The highest BCUT2D eigenvalue weighted by Gasteiger charge is 2.25. The van der Waals surface area contributed by atoms with Crippen molar-refractivity contribution in [2.75, 3.05) is 5.32 Å². The molecule has 1 aliphatic heterocycles. The highest BCUT2D eigenvalue weighted by molar-refractivity contribution is 7.00. The molecule has 0 amide bonds. The van der Waals surface area contributed by atoms with Crippen LogP contribution in [0.5, 0.6) is 0 Å². The molecule has 6 heteroatoms. The maximum absolute atomic E-state index is 6.30. The van der Waals surface area contributed by atoms with Crippen molar-refractivity contribution in [1.29, 1.82) is 0 Å². The van der Waals surface area contributed by atoms with Crippen molar-refractivity contribution in [2.24, 2.45) is 0 Å². The zero-order valence-electron chi connectivity index (χ0n) is 10.9. The van der Waals surface area contributed by atoms with Gasteiger partial charge in [0.2, 0.25) is 0 Å². The standard InChI is InChI=1S/C13H16ClN3OS/c1-7-5-9(6-8(2)18-7)15-12-10(14)3-4-11-13(12)17-19-16-11/h3-4,7-9,15H,5-6H2,1-2H3. The first kappa shape index (κ1) is 13.1. The summed E-state index contributed by atoms with van der Waals surface area (Å²) < 4.78 is 14.3. The maximum atomic E-state index is 6.30. The van der Waals surface area contributed by atoms with E-state index in [4.69, 9.17) is 16.3 Å². The first-order valence-corrected chi connectivity index (χ1v) is 7.57. The number of benzene rings is 1. The third-order valence-electron chi connectivity index (χ3n) is 3.42. The summed E-state index contributed by atoms with van der Waals surface area (Å²) in [6.07, 6.45) is 2.50. The van der Waals surface area contributed by atoms with Crippen LogP contribution in [0.25, 0.3) is 11.0 Å². The highest BCUT2D eigenvalue weighted by Crippen LogP contribution is 2.32. The zero-order chi connectivity index (χ0) is 13.4. The van der Waals surface area contributed by atoms with Crippen molar-refractivity contribution < 1.29 is 4.74 Å². The number of hydrogen-bond donors (Lipinski definition) is 1. The van der Waals surface area contributed by atoms with Gasteiger partial charge in [-0.25, -0.2) is 0 Å². The van der Waals surface area contributed by atoms with E-state index >= 15 is 0 Å². The van der Waals surface area contributed by atoms with Gasteiger partial charge in [0.05, 0.1) is 34.6 Å². The summed E-state index contributed by atoms with van der Waals surface area (Å²) in [5, 5.41) is 4.23. The van der Waals surface area contributed by atoms with Crippen molar-refractivity contribution in [3.8, 4) is 0 Å². The summed E-state index contributed by atoms with van der Waals surface area (Å²) in [7, 11) is 0. The maximum Gasteiger partial charge on any atom is 0.129 e. The summed E-state index contributed by atoms with van der Waals surface area (Å²) in [5.41, 5.74) is 2.66. The Morgan fingerprint density at radius 1 is 1.26 bits per heavy atom. The van der Waals surface area contributed by atoms with Gasteiger partial charge in [0.15, 0.2) is 0 Å². The molecular weight excluding hydrogens is 282 g/mol. The Morgan fingerprint density at radius 3 is 2.74 bits per heavy atom. The van der Waals surface area contributed by atoms with E-state index in [0.29, 0.717) is 11.1 Å². The molecule has 1 aromatic heterocycles. The highest BCUT2D eigenvalue weighted by atomic mass is 35.5. The molecular formula is C13H16ClN3OS. The second kappa shape index (κ2) is 5.23. The van der Waals surface area contributed by atoms with Crippen LogP contribution in [-0.4, -0.2) is 27.0 Å². The first-order valence-electron chi connectivity index (χ1n) is 6.46. The Kier molecular flexibility index (Phi) is 3.60. The third-order valence-corrected chi connectivity index (χ3v) is 4.28. The van der Waals surface area contributed by atoms with Crippen molar-refractivity contribution in [3.63, 3.8) is 0 Å². The fourth-order valence-electron chi connectivity index (χ4n) is 2.69. The van der Waals surface area contributed by atoms with E-state index in [9.17, 15) is 0 Å². The van der Waals surface area contributed by atoms with E-state index < -0.39 is 0 Å². The fraction of sp³-hybridized carbons (Fsp3) is 0.538. The molecule has 4 nitrogen and oxygen atoms in total. The molecule has 1 saturated heterocycles. The predicted octanol–water partition coefficient (Wildman–Crippen LogP) is 3.71. The number of hydrogen-bond acceptors (Lipinski definition) is 5. The number of ether oxygens (including phenoxy) is 1. The molecule has 0 spiro atoms. The molecule has 2 atom stereocenters. The van der Waals surface area contributed by atoms with Crippen molar-refractivity contribution >= 4 is 40.0 Å². The number of anilines is 1. The molecule has 3 rings (SSSR count). The van der Waals surface area contributed by atoms with Gasteiger partial charge in [0.1, 0.15) is 11.0 Å². The van der Waals surface area contributed by atoms with E-state index in [1.807, 2.05) is 12.1 Å². The van der Waals surface area contributed by atoms with Gasteiger partial charge in [-0.1, -0.05) is 11.6 Å². The lowest BCUT2D eigenvalue weighted by Gasteiger charge is -2.33. The average molecular weight is 298 g/mol. The molecule has 2 heterocycles. The van der Waals surface area contributed by atoms with Crippen LogP contribution in [0.15, 0.2) is 12.1 Å². The van der Waals surface area contributed by atoms with Crippen LogP contribution in [0.2, 0.25) is 5.02 Å². The van der Waals surface area contributed by atoms with Crippen LogP contribution in [0, 0.1) is 0 Å². The average Bonchev–Trinajstić information content (AvgIpc) is 2.80. The van der Waals surface area contributed by atoms with Crippen LogP contribution >= 0.6 is 23.3 Å². The minimum absolute atomic E-state index is 0.271. The van der Waals surface area contributed by atoms with E-state index in [0.717, 1.165) is 29.6 Å². The molecule has 1 fully saturated rings. The summed E-state index contributed by atoms with van der Waals surface area (Å²) >= 11 is 7.51. The lowest BCUT2D eigenvalue weighted by atomic mass is 9.99. The molecule has 0 bridgehead atoms. The second-order valence-corrected chi connectivity index (χ2v) is 6.06. The number of rotatable bonds is 2. The molecule has 1 aliphatic rings. The van der Waals surface area contributed by atoms with Crippen LogP contribution < -0.4 is 5.32 Å². The zero-order valence-corrected chi connectivity index (χ0v) is 12.5. The number of nitrogens with one attached hydrogen (secondary N) is 1. The molecule has 19 heavy (non-hydrogen) atoms. The van der Waals surface area contributed by atoms with Gasteiger partial charge in [0.25, 0.3) is 0 Å². The molecule has 0 aliphatic carbocycles. The number of aromatic nitrogens is 2. The van der Waals surface area contributed by atoms with Gasteiger partial charge < -0.3 is 10.1 Å². The molecule has 0 saturated carbocycles. The van der Waals surface area contributed by atoms with Crippen molar-refractivity contribution in [1.82, 2.24) is 8.75 Å². The quantitative estimate of drug-likeness (QED) is 0.918. The SMILES string of the molecule is CC1CC(Nc2c(Cl)ccc3nsnc23)CC(C)O1. The Balaban J connectivity index is 1.88. The summed E-state index contributed by atoms with van der Waals surface area (Å²) in [6.45, 7) is 4.22. The minimum Gasteiger partial charge on any atom is -0.379 e. The van der Waals surface area contributed by atoms with Gasteiger partial charge in [-0.15, -0.1) is 0 Å². The Hall–Kier alpha value is -0.910. The van der Waals surface area contributed by atoms with Crippen LogP contribution in [0.4, 0.5) is 5.69 Å². The van der Waals surface area contributed by atoms with E-state index in [1.165, 1.54) is 11.7 Å². The van der Waals surface area contributed by atoms with Crippen LogP contribution in [0.3, 0.4) is 0 Å². The third kappa shape index (κ3) is 2.68. The molecule has 2 aromatic rings. The largest absolute Gasteiger partial charge is 0.379 e. The molecule has 2 unspecified atom stereocenters. The molecule has 1 N–H and O–H groups in total. The smallest absolute Gasteiger partial charge is 0.129 e. The van der Waals surface area contributed by atoms with Crippen molar-refractivity contribution in [3.05, 3.63) is 17.2 Å². The van der Waals surface area contributed by atoms with Gasteiger partial charge in [-0.2, -0.15) is 8.75 Å². The summed E-state index contributed by atoms with van der Waals surface area (Å²) in [4.78, 5) is 0. The van der Waals surface area contributed by atoms with Gasteiger partial charge in [0, 0.05) is 6.04 Å². The Labute approximate surface area is 121 Å². The number of halogens is 1. The van der Waals surface area contributed by atoms with Crippen molar-refractivity contribution in [2.45, 2.75) is 44.9 Å². The fourth-order valence-corrected chi connectivity index (χ4v) is 3.44. The lowest BCUT2D eigenvalue weighted by Crippen LogP contribution is -2.37. The summed E-state index contributed by atoms with van der Waals surface area (Å²) in [6, 6.07) is 4.14. The molecule has 102 valence electrons. The minimum atomic E-state index is 0.271. The van der Waals surface area contributed by atoms with E-state index in [1.54, 1.807) is 0 Å². The monoisotopic (exact) mass is 297 g/mol. The lowest BCUT2D eigenvalue weighted by molar-refractivity contribution is -0.0337. The second-order valence-electron chi connectivity index (χ2n) is 5.12. The van der Waals surface area contributed by atoms with Gasteiger partial charge in [-0.05, 0) is 38.8 Å². The van der Waals surface area contributed by atoms with Gasteiger partial charge in [-0.3, -0.25) is 0 Å². The normalized spacial score (nSPS) is 27.6. The topological polar surface area (TPSA) is 47.0 Å². The van der Waals surface area contributed by atoms with E-state index in [-0.39, 0.29) is 12.2 Å². The van der Waals surface area contributed by atoms with Crippen LogP contribution in [-0.2, 0) is 4.74 Å². The Bertz CT molecular complexity index is 578.